The number of aromatic nitrogens is 3. The van der Waals surface area contributed by atoms with Gasteiger partial charge in [-0.15, -0.1) is 5.10 Å². The van der Waals surface area contributed by atoms with E-state index >= 15 is 0 Å². The van der Waals surface area contributed by atoms with Gasteiger partial charge in [-0.3, -0.25) is 0 Å². The van der Waals surface area contributed by atoms with E-state index in [4.69, 9.17) is 9.47 Å². The van der Waals surface area contributed by atoms with Gasteiger partial charge in [-0.2, -0.15) is 0 Å². The highest BCUT2D eigenvalue weighted by Crippen LogP contribution is 2.39. The van der Waals surface area contributed by atoms with E-state index in [1.807, 2.05) is 18.2 Å². The number of rotatable bonds is 5. The van der Waals surface area contributed by atoms with Crippen LogP contribution in [-0.2, 0) is 6.61 Å². The quantitative estimate of drug-likeness (QED) is 0.912. The molecule has 1 aromatic carbocycles. The van der Waals surface area contributed by atoms with Crippen LogP contribution in [0.4, 0.5) is 0 Å². The van der Waals surface area contributed by atoms with Gasteiger partial charge in [0.2, 0.25) is 0 Å². The SMILES string of the molecule is COc1ccc(-n2nnc(CO)c2C2CCC2)c(OC)c1. The zero-order chi connectivity index (χ0) is 14.8. The number of hydrogen-bond donors (Lipinski definition) is 1. The Morgan fingerprint density at radius 1 is 1.29 bits per heavy atom. The fraction of sp³-hybridized carbons (Fsp3) is 0.467. The molecular formula is C15H19N3O3. The molecule has 0 amide bonds. The molecule has 21 heavy (non-hydrogen) atoms. The van der Waals surface area contributed by atoms with E-state index in [9.17, 15) is 5.11 Å². The van der Waals surface area contributed by atoms with Gasteiger partial charge in [-0.1, -0.05) is 11.6 Å². The third-order valence-corrected chi connectivity index (χ3v) is 4.04. The van der Waals surface area contributed by atoms with Crippen molar-refractivity contribution in [3.05, 3.63) is 29.6 Å². The molecule has 0 atom stereocenters. The lowest BCUT2D eigenvalue weighted by Gasteiger charge is -2.26. The fourth-order valence-electron chi connectivity index (χ4n) is 2.66. The summed E-state index contributed by atoms with van der Waals surface area (Å²) in [6.07, 6.45) is 3.43. The summed E-state index contributed by atoms with van der Waals surface area (Å²) in [6, 6.07) is 5.58. The van der Waals surface area contributed by atoms with E-state index < -0.39 is 0 Å². The van der Waals surface area contributed by atoms with Crippen molar-refractivity contribution in [2.45, 2.75) is 31.8 Å². The van der Waals surface area contributed by atoms with Gasteiger partial charge in [-0.25, -0.2) is 4.68 Å². The van der Waals surface area contributed by atoms with Crippen molar-refractivity contribution in [3.8, 4) is 17.2 Å². The Morgan fingerprint density at radius 3 is 2.67 bits per heavy atom. The highest BCUT2D eigenvalue weighted by Gasteiger charge is 2.28. The molecule has 1 heterocycles. The van der Waals surface area contributed by atoms with Crippen LogP contribution >= 0.6 is 0 Å². The summed E-state index contributed by atoms with van der Waals surface area (Å²) in [7, 11) is 3.23. The van der Waals surface area contributed by atoms with E-state index in [0.29, 0.717) is 17.4 Å². The van der Waals surface area contributed by atoms with Crippen molar-refractivity contribution in [1.82, 2.24) is 15.0 Å². The van der Waals surface area contributed by atoms with Crippen LogP contribution in [0.2, 0.25) is 0 Å². The smallest absolute Gasteiger partial charge is 0.148 e. The summed E-state index contributed by atoms with van der Waals surface area (Å²) in [6.45, 7) is -0.0930. The van der Waals surface area contributed by atoms with Crippen LogP contribution in [0.3, 0.4) is 0 Å². The molecule has 0 spiro atoms. The zero-order valence-corrected chi connectivity index (χ0v) is 12.2. The highest BCUT2D eigenvalue weighted by molar-refractivity contribution is 5.51. The molecule has 0 saturated heterocycles. The molecule has 6 heteroatoms. The van der Waals surface area contributed by atoms with E-state index in [0.717, 1.165) is 30.0 Å². The van der Waals surface area contributed by atoms with Crippen molar-refractivity contribution >= 4 is 0 Å². The van der Waals surface area contributed by atoms with Gasteiger partial charge in [0.05, 0.1) is 26.5 Å². The summed E-state index contributed by atoms with van der Waals surface area (Å²) in [4.78, 5) is 0. The third kappa shape index (κ3) is 2.35. The Labute approximate surface area is 123 Å². The Morgan fingerprint density at radius 2 is 2.10 bits per heavy atom. The van der Waals surface area contributed by atoms with Crippen LogP contribution in [0.1, 0.15) is 36.6 Å². The van der Waals surface area contributed by atoms with Crippen LogP contribution in [0.15, 0.2) is 18.2 Å². The second-order valence-corrected chi connectivity index (χ2v) is 5.16. The number of ether oxygens (including phenoxy) is 2. The first-order chi connectivity index (χ1) is 10.3. The van der Waals surface area contributed by atoms with Gasteiger partial charge in [-0.05, 0) is 25.0 Å². The van der Waals surface area contributed by atoms with Gasteiger partial charge in [0.25, 0.3) is 0 Å². The summed E-state index contributed by atoms with van der Waals surface area (Å²) in [5, 5.41) is 17.8. The lowest BCUT2D eigenvalue weighted by atomic mass is 9.82. The molecule has 1 saturated carbocycles. The van der Waals surface area contributed by atoms with Gasteiger partial charge in [0, 0.05) is 12.0 Å². The fourth-order valence-corrected chi connectivity index (χ4v) is 2.66. The van der Waals surface area contributed by atoms with Gasteiger partial charge >= 0.3 is 0 Å². The molecule has 0 aliphatic heterocycles. The molecule has 1 aromatic heterocycles. The average molecular weight is 289 g/mol. The van der Waals surface area contributed by atoms with Crippen molar-refractivity contribution < 1.29 is 14.6 Å². The molecule has 112 valence electrons. The van der Waals surface area contributed by atoms with Crippen LogP contribution < -0.4 is 9.47 Å². The van der Waals surface area contributed by atoms with Crippen LogP contribution in [0.5, 0.6) is 11.5 Å². The number of methoxy groups -OCH3 is 2. The second kappa shape index (κ2) is 5.73. The maximum absolute atomic E-state index is 9.49. The number of hydrogen-bond acceptors (Lipinski definition) is 5. The maximum atomic E-state index is 9.49. The second-order valence-electron chi connectivity index (χ2n) is 5.16. The standard InChI is InChI=1S/C15H19N3O3/c1-20-11-6-7-13(14(8-11)21-2)18-15(10-4-3-5-10)12(9-19)16-17-18/h6-8,10,19H,3-5,9H2,1-2H3. The molecule has 0 bridgehead atoms. The summed E-state index contributed by atoms with van der Waals surface area (Å²) in [5.74, 6) is 1.81. The van der Waals surface area contributed by atoms with Crippen molar-refractivity contribution in [1.29, 1.82) is 0 Å². The normalized spacial score (nSPS) is 14.8. The Kier molecular flexibility index (Phi) is 3.79. The van der Waals surface area contributed by atoms with Gasteiger partial charge < -0.3 is 14.6 Å². The molecule has 1 N–H and O–H groups in total. The summed E-state index contributed by atoms with van der Waals surface area (Å²) in [5.41, 5.74) is 2.46. The Hall–Kier alpha value is -2.08. The summed E-state index contributed by atoms with van der Waals surface area (Å²) >= 11 is 0. The van der Waals surface area contributed by atoms with Gasteiger partial charge in [0.1, 0.15) is 22.9 Å². The number of benzene rings is 1. The van der Waals surface area contributed by atoms with Crippen molar-refractivity contribution in [2.75, 3.05) is 14.2 Å². The summed E-state index contributed by atoms with van der Waals surface area (Å²) < 4.78 is 12.4. The van der Waals surface area contributed by atoms with Crippen molar-refractivity contribution in [3.63, 3.8) is 0 Å². The molecule has 1 aliphatic rings. The van der Waals surface area contributed by atoms with Gasteiger partial charge in [0.15, 0.2) is 0 Å². The molecule has 1 fully saturated rings. The lowest BCUT2D eigenvalue weighted by molar-refractivity contribution is 0.272. The van der Waals surface area contributed by atoms with E-state index in [-0.39, 0.29) is 6.61 Å². The highest BCUT2D eigenvalue weighted by atomic mass is 16.5. The van der Waals surface area contributed by atoms with Crippen LogP contribution in [-0.4, -0.2) is 34.3 Å². The Balaban J connectivity index is 2.09. The minimum Gasteiger partial charge on any atom is -0.497 e. The first kappa shape index (κ1) is 13.9. The average Bonchev–Trinajstić information content (AvgIpc) is 2.88. The first-order valence-corrected chi connectivity index (χ1v) is 7.06. The van der Waals surface area contributed by atoms with E-state index in [1.54, 1.807) is 18.9 Å². The number of aliphatic hydroxyl groups is 1. The molecule has 6 nitrogen and oxygen atoms in total. The predicted molar refractivity (Wildman–Crippen MR) is 77.0 cm³/mol. The minimum absolute atomic E-state index is 0.0930. The zero-order valence-electron chi connectivity index (χ0n) is 12.2. The number of nitrogens with zero attached hydrogens (tertiary/aromatic N) is 3. The molecule has 0 radical (unpaired) electrons. The molecule has 0 unspecified atom stereocenters. The minimum atomic E-state index is -0.0930. The van der Waals surface area contributed by atoms with Crippen LogP contribution in [0.25, 0.3) is 5.69 Å². The van der Waals surface area contributed by atoms with E-state index in [1.165, 1.54) is 6.42 Å². The Bertz CT molecular complexity index is 635. The molecule has 2 aromatic rings. The monoisotopic (exact) mass is 289 g/mol. The molecule has 1 aliphatic carbocycles. The van der Waals surface area contributed by atoms with Crippen molar-refractivity contribution in [2.24, 2.45) is 0 Å². The van der Waals surface area contributed by atoms with Crippen LogP contribution in [0, 0.1) is 0 Å². The molecule has 3 rings (SSSR count). The third-order valence-electron chi connectivity index (χ3n) is 4.04. The first-order valence-electron chi connectivity index (χ1n) is 7.06. The topological polar surface area (TPSA) is 69.4 Å². The number of aliphatic hydroxyl groups excluding tert-OH is 1. The predicted octanol–water partition coefficient (Wildman–Crippen LogP) is 2.04. The largest absolute Gasteiger partial charge is 0.497 e. The van der Waals surface area contributed by atoms with E-state index in [2.05, 4.69) is 10.3 Å². The molecular weight excluding hydrogens is 270 g/mol. The maximum Gasteiger partial charge on any atom is 0.148 e. The lowest BCUT2D eigenvalue weighted by Crippen LogP contribution is -2.16.